The molecular weight excluding hydrogens is 260 g/mol. The molecule has 0 fully saturated rings. The molecule has 18 heavy (non-hydrogen) atoms. The maximum atomic E-state index is 11.8. The van der Waals surface area contributed by atoms with E-state index in [9.17, 15) is 13.5 Å². The van der Waals surface area contributed by atoms with Crippen LogP contribution in [0.15, 0.2) is 30.3 Å². The fourth-order valence-electron chi connectivity index (χ4n) is 1.55. The zero-order chi connectivity index (χ0) is 13.3. The van der Waals surface area contributed by atoms with Gasteiger partial charge in [-0.05, 0) is 23.3 Å². The zero-order valence-electron chi connectivity index (χ0n) is 8.77. The fraction of sp³-hybridized carbons (Fsp3) is 0. The summed E-state index contributed by atoms with van der Waals surface area (Å²) in [5, 5.41) is 20.7. The lowest BCUT2D eigenvalue weighted by atomic mass is 10.1. The monoisotopic (exact) mass is 266 g/mol. The van der Waals surface area contributed by atoms with E-state index >= 15 is 0 Å². The van der Waals surface area contributed by atoms with Crippen molar-refractivity contribution in [3.8, 4) is 11.5 Å². The number of rotatable bonds is 2. The second-order valence-corrected chi connectivity index (χ2v) is 4.40. The molecule has 0 unspecified atom stereocenters. The largest absolute Gasteiger partial charge is 0.867 e. The zero-order valence-corrected chi connectivity index (χ0v) is 9.59. The highest BCUT2D eigenvalue weighted by Crippen LogP contribution is 2.36. The van der Waals surface area contributed by atoms with Crippen molar-refractivity contribution in [2.45, 2.75) is 0 Å². The second-order valence-electron chi connectivity index (χ2n) is 3.38. The highest BCUT2D eigenvalue weighted by molar-refractivity contribution is 7.81. The van der Waals surface area contributed by atoms with Crippen LogP contribution in [0.2, 0.25) is 0 Å². The number of hydrogen-bond donors (Lipinski definition) is 1. The van der Waals surface area contributed by atoms with E-state index in [1.165, 1.54) is 30.3 Å². The summed E-state index contributed by atoms with van der Waals surface area (Å²) < 4.78 is 34.3. The Balaban J connectivity index is 2.73. The molecule has 0 spiro atoms. The lowest BCUT2D eigenvalue weighted by Crippen LogP contribution is -2.07. The van der Waals surface area contributed by atoms with E-state index in [1.807, 2.05) is 0 Å². The van der Waals surface area contributed by atoms with Crippen LogP contribution in [0.5, 0.6) is 11.5 Å². The Kier molecular flexibility index (Phi) is 2.78. The average Bonchev–Trinajstić information content (AvgIpc) is 2.28. The third kappa shape index (κ3) is 2.17. The standard InChI is InChI=1S/C10H6N2O5S/c11-12-8-5-4-6-7(10(8)13)2-1-3-9(6)17-18(14,15)16/h1-5H,(H-,13,14,15,16). The van der Waals surface area contributed by atoms with Gasteiger partial charge in [0.25, 0.3) is 0 Å². The van der Waals surface area contributed by atoms with Gasteiger partial charge in [-0.1, -0.05) is 12.1 Å². The lowest BCUT2D eigenvalue weighted by molar-refractivity contribution is -0.264. The van der Waals surface area contributed by atoms with Gasteiger partial charge in [-0.25, -0.2) is 0 Å². The number of diazo groups is 1. The fourth-order valence-corrected chi connectivity index (χ4v) is 1.93. The number of benzene rings is 2. The van der Waals surface area contributed by atoms with Gasteiger partial charge < -0.3 is 9.29 Å². The molecule has 0 radical (unpaired) electrons. The molecule has 2 rings (SSSR count). The van der Waals surface area contributed by atoms with Crippen LogP contribution in [-0.4, -0.2) is 13.0 Å². The molecule has 0 aliphatic heterocycles. The molecule has 8 heteroatoms. The van der Waals surface area contributed by atoms with Crippen LogP contribution in [0.1, 0.15) is 0 Å². The summed E-state index contributed by atoms with van der Waals surface area (Å²) >= 11 is 0. The van der Waals surface area contributed by atoms with Crippen LogP contribution in [-0.2, 0) is 10.4 Å². The van der Waals surface area contributed by atoms with Gasteiger partial charge in [-0.2, -0.15) is 8.42 Å². The SMILES string of the molecule is N#[N+]c1ccc2c(OS(=O)(=O)O)cccc2c1[O-]. The highest BCUT2D eigenvalue weighted by Gasteiger charge is 2.14. The molecule has 0 amide bonds. The van der Waals surface area contributed by atoms with Crippen molar-refractivity contribution in [1.29, 1.82) is 5.39 Å². The molecule has 0 bridgehead atoms. The first-order valence-corrected chi connectivity index (χ1v) is 6.03. The molecule has 0 aliphatic carbocycles. The molecule has 2 aromatic carbocycles. The predicted octanol–water partition coefficient (Wildman–Crippen LogP) is 1.58. The van der Waals surface area contributed by atoms with E-state index in [-0.39, 0.29) is 22.2 Å². The van der Waals surface area contributed by atoms with Crippen LogP contribution >= 0.6 is 0 Å². The Bertz CT molecular complexity index is 764. The number of nitrogens with zero attached hydrogens (tertiary/aromatic N) is 2. The molecule has 0 saturated carbocycles. The molecule has 0 saturated heterocycles. The molecular formula is C10H6N2O5S. The van der Waals surface area contributed by atoms with Gasteiger partial charge in [0.15, 0.2) is 10.7 Å². The summed E-state index contributed by atoms with van der Waals surface area (Å²) in [7, 11) is -4.67. The first-order chi connectivity index (χ1) is 8.42. The predicted molar refractivity (Wildman–Crippen MR) is 60.3 cm³/mol. The third-order valence-electron chi connectivity index (χ3n) is 2.25. The summed E-state index contributed by atoms with van der Waals surface area (Å²) in [6.07, 6.45) is 0. The third-order valence-corrected chi connectivity index (χ3v) is 2.64. The highest BCUT2D eigenvalue weighted by atomic mass is 32.3. The summed E-state index contributed by atoms with van der Waals surface area (Å²) in [5.41, 5.74) is -0.175. The smallest absolute Gasteiger partial charge is 0.446 e. The maximum absolute atomic E-state index is 11.8. The van der Waals surface area contributed by atoms with Crippen LogP contribution in [0.25, 0.3) is 15.7 Å². The van der Waals surface area contributed by atoms with Gasteiger partial charge in [0.05, 0.1) is 0 Å². The normalized spacial score (nSPS) is 11.1. The van der Waals surface area contributed by atoms with Crippen molar-refractivity contribution in [3.63, 3.8) is 0 Å². The molecule has 92 valence electrons. The average molecular weight is 266 g/mol. The molecule has 0 aromatic heterocycles. The summed E-state index contributed by atoms with van der Waals surface area (Å²) in [6.45, 7) is 0. The van der Waals surface area contributed by atoms with E-state index in [4.69, 9.17) is 9.95 Å². The quantitative estimate of drug-likeness (QED) is 0.651. The van der Waals surface area contributed by atoms with E-state index in [2.05, 4.69) is 9.16 Å². The second kappa shape index (κ2) is 4.14. The van der Waals surface area contributed by atoms with Gasteiger partial charge in [0.2, 0.25) is 5.39 Å². The molecule has 0 heterocycles. The van der Waals surface area contributed by atoms with Crippen molar-refractivity contribution in [1.82, 2.24) is 0 Å². The molecule has 1 N–H and O–H groups in total. The first kappa shape index (κ1) is 12.1. The van der Waals surface area contributed by atoms with Gasteiger partial charge in [-0.15, -0.1) is 0 Å². The van der Waals surface area contributed by atoms with Crippen LogP contribution < -0.4 is 9.29 Å². The summed E-state index contributed by atoms with van der Waals surface area (Å²) in [4.78, 5) is 2.80. The summed E-state index contributed by atoms with van der Waals surface area (Å²) in [6, 6.07) is 6.65. The Morgan fingerprint density at radius 2 is 1.94 bits per heavy atom. The number of fused-ring (bicyclic) bond motifs is 1. The minimum absolute atomic E-state index is 0.117. The molecule has 0 aliphatic rings. The van der Waals surface area contributed by atoms with Gasteiger partial charge in [0.1, 0.15) is 0 Å². The lowest BCUT2D eigenvalue weighted by Gasteiger charge is -2.10. The van der Waals surface area contributed by atoms with Crippen molar-refractivity contribution >= 4 is 26.9 Å². The first-order valence-electron chi connectivity index (χ1n) is 4.67. The van der Waals surface area contributed by atoms with Gasteiger partial charge in [0, 0.05) is 11.5 Å². The molecule has 7 nitrogen and oxygen atoms in total. The van der Waals surface area contributed by atoms with Gasteiger partial charge in [-0.3, -0.25) is 4.55 Å². The van der Waals surface area contributed by atoms with Crippen molar-refractivity contribution in [2.75, 3.05) is 0 Å². The number of hydrogen-bond acceptors (Lipinski definition) is 5. The van der Waals surface area contributed by atoms with Gasteiger partial charge >= 0.3 is 16.1 Å². The van der Waals surface area contributed by atoms with E-state index in [1.54, 1.807) is 0 Å². The molecule has 2 aromatic rings. The Morgan fingerprint density at radius 3 is 2.56 bits per heavy atom. The minimum atomic E-state index is -4.67. The van der Waals surface area contributed by atoms with Crippen molar-refractivity contribution < 1.29 is 22.3 Å². The Labute approximate surface area is 102 Å². The van der Waals surface area contributed by atoms with E-state index in [0.717, 1.165) is 0 Å². The van der Waals surface area contributed by atoms with E-state index in [0.29, 0.717) is 0 Å². The Hall–Kier alpha value is -2.37. The van der Waals surface area contributed by atoms with Crippen LogP contribution in [0, 0.1) is 5.39 Å². The maximum Gasteiger partial charge on any atom is 0.446 e. The molecule has 0 atom stereocenters. The summed E-state index contributed by atoms with van der Waals surface area (Å²) in [5.74, 6) is -0.757. The van der Waals surface area contributed by atoms with Crippen molar-refractivity contribution in [2.24, 2.45) is 0 Å². The van der Waals surface area contributed by atoms with Crippen LogP contribution in [0.3, 0.4) is 0 Å². The topological polar surface area (TPSA) is 115 Å². The van der Waals surface area contributed by atoms with Crippen LogP contribution in [0.4, 0.5) is 5.69 Å². The van der Waals surface area contributed by atoms with Crippen molar-refractivity contribution in [3.05, 3.63) is 35.3 Å². The minimum Gasteiger partial charge on any atom is -0.867 e. The Morgan fingerprint density at radius 1 is 1.22 bits per heavy atom. The van der Waals surface area contributed by atoms with E-state index < -0.39 is 16.1 Å².